The van der Waals surface area contributed by atoms with Gasteiger partial charge in [-0.2, -0.15) is 0 Å². The SMILES string of the molecule is O=C(CCNS(=O)(=O)c1ccccc1)NCCCCl. The quantitative estimate of drug-likeness (QED) is 0.558. The van der Waals surface area contributed by atoms with Crippen molar-refractivity contribution in [2.75, 3.05) is 19.0 Å². The number of rotatable bonds is 8. The molecule has 0 atom stereocenters. The van der Waals surface area contributed by atoms with Gasteiger partial charge in [0.15, 0.2) is 0 Å². The highest BCUT2D eigenvalue weighted by atomic mass is 35.5. The van der Waals surface area contributed by atoms with Gasteiger partial charge in [0.05, 0.1) is 4.90 Å². The minimum atomic E-state index is -3.53. The lowest BCUT2D eigenvalue weighted by Gasteiger charge is -2.07. The lowest BCUT2D eigenvalue weighted by Crippen LogP contribution is -2.31. The van der Waals surface area contributed by atoms with Gasteiger partial charge in [-0.1, -0.05) is 18.2 Å². The van der Waals surface area contributed by atoms with Gasteiger partial charge >= 0.3 is 0 Å². The van der Waals surface area contributed by atoms with Gasteiger partial charge in [0.25, 0.3) is 0 Å². The first-order valence-corrected chi connectivity index (χ1v) is 7.95. The van der Waals surface area contributed by atoms with Crippen LogP contribution >= 0.6 is 11.6 Å². The van der Waals surface area contributed by atoms with Gasteiger partial charge in [-0.15, -0.1) is 11.6 Å². The van der Waals surface area contributed by atoms with E-state index in [4.69, 9.17) is 11.6 Å². The van der Waals surface area contributed by atoms with Crippen LogP contribution in [0.3, 0.4) is 0 Å². The molecule has 0 fully saturated rings. The first-order chi connectivity index (χ1) is 9.06. The first-order valence-electron chi connectivity index (χ1n) is 5.93. The molecule has 19 heavy (non-hydrogen) atoms. The molecule has 0 radical (unpaired) electrons. The number of nitrogens with one attached hydrogen (secondary N) is 2. The lowest BCUT2D eigenvalue weighted by molar-refractivity contribution is -0.120. The molecule has 1 amide bonds. The van der Waals surface area contributed by atoms with E-state index in [1.165, 1.54) is 12.1 Å². The van der Waals surface area contributed by atoms with Crippen LogP contribution in [0.4, 0.5) is 0 Å². The average Bonchev–Trinajstić information content (AvgIpc) is 2.40. The van der Waals surface area contributed by atoms with E-state index < -0.39 is 10.0 Å². The molecule has 1 aromatic carbocycles. The second-order valence-corrected chi connectivity index (χ2v) is 6.00. The topological polar surface area (TPSA) is 75.3 Å². The zero-order valence-corrected chi connectivity index (χ0v) is 12.0. The molecule has 2 N–H and O–H groups in total. The smallest absolute Gasteiger partial charge is 0.240 e. The maximum absolute atomic E-state index is 11.8. The van der Waals surface area contributed by atoms with E-state index in [1.807, 2.05) is 0 Å². The summed E-state index contributed by atoms with van der Waals surface area (Å²) >= 11 is 5.47. The third-order valence-electron chi connectivity index (χ3n) is 2.33. The van der Waals surface area contributed by atoms with Crippen LogP contribution in [0.5, 0.6) is 0 Å². The Morgan fingerprint density at radius 2 is 1.84 bits per heavy atom. The number of halogens is 1. The number of carbonyl (C=O) groups excluding carboxylic acids is 1. The highest BCUT2D eigenvalue weighted by Crippen LogP contribution is 2.06. The fourth-order valence-electron chi connectivity index (χ4n) is 1.36. The summed E-state index contributed by atoms with van der Waals surface area (Å²) in [5, 5.41) is 2.65. The van der Waals surface area contributed by atoms with Gasteiger partial charge in [0.1, 0.15) is 0 Å². The molecule has 0 bridgehead atoms. The van der Waals surface area contributed by atoms with Crippen LogP contribution in [0, 0.1) is 0 Å². The zero-order valence-electron chi connectivity index (χ0n) is 10.4. The fraction of sp³-hybridized carbons (Fsp3) is 0.417. The van der Waals surface area contributed by atoms with E-state index >= 15 is 0 Å². The van der Waals surface area contributed by atoms with E-state index in [1.54, 1.807) is 18.2 Å². The third kappa shape index (κ3) is 6.04. The molecule has 1 aromatic rings. The van der Waals surface area contributed by atoms with Crippen molar-refractivity contribution >= 4 is 27.5 Å². The number of sulfonamides is 1. The Balaban J connectivity index is 2.35. The molecule has 0 spiro atoms. The van der Waals surface area contributed by atoms with Crippen molar-refractivity contribution in [3.05, 3.63) is 30.3 Å². The second-order valence-electron chi connectivity index (χ2n) is 3.85. The Labute approximate surface area is 118 Å². The van der Waals surface area contributed by atoms with Crippen molar-refractivity contribution in [2.45, 2.75) is 17.7 Å². The monoisotopic (exact) mass is 304 g/mol. The standard InChI is InChI=1S/C12H17ClN2O3S/c13-8-4-9-14-12(16)7-10-15-19(17,18)11-5-2-1-3-6-11/h1-3,5-6,15H,4,7-10H2,(H,14,16). The van der Waals surface area contributed by atoms with Crippen LogP contribution in [0.2, 0.25) is 0 Å². The number of benzene rings is 1. The maximum atomic E-state index is 11.8. The summed E-state index contributed by atoms with van der Waals surface area (Å²) < 4.78 is 26.0. The molecule has 0 unspecified atom stereocenters. The summed E-state index contributed by atoms with van der Waals surface area (Å²) in [6.45, 7) is 0.581. The van der Waals surface area contributed by atoms with Gasteiger partial charge in [0, 0.05) is 25.4 Å². The van der Waals surface area contributed by atoms with E-state index in [0.717, 1.165) is 0 Å². The molecule has 0 saturated heterocycles. The molecule has 0 aromatic heterocycles. The summed E-state index contributed by atoms with van der Waals surface area (Å²) in [4.78, 5) is 11.5. The molecule has 0 aliphatic rings. The summed E-state index contributed by atoms with van der Waals surface area (Å²) in [5.41, 5.74) is 0. The number of alkyl halides is 1. The molecule has 106 valence electrons. The second kappa shape index (κ2) is 8.14. The van der Waals surface area contributed by atoms with Gasteiger partial charge in [-0.3, -0.25) is 4.79 Å². The predicted molar refractivity (Wildman–Crippen MR) is 74.6 cm³/mol. The lowest BCUT2D eigenvalue weighted by atomic mass is 10.4. The Morgan fingerprint density at radius 3 is 2.47 bits per heavy atom. The highest BCUT2D eigenvalue weighted by molar-refractivity contribution is 7.89. The average molecular weight is 305 g/mol. The molecular formula is C12H17ClN2O3S. The molecule has 1 rings (SSSR count). The van der Waals surface area contributed by atoms with Crippen molar-refractivity contribution in [1.29, 1.82) is 0 Å². The Kier molecular flexibility index (Phi) is 6.83. The third-order valence-corrected chi connectivity index (χ3v) is 4.07. The Bertz CT molecular complexity index is 491. The van der Waals surface area contributed by atoms with Crippen molar-refractivity contribution in [3.63, 3.8) is 0 Å². The van der Waals surface area contributed by atoms with Crippen molar-refractivity contribution < 1.29 is 13.2 Å². The first kappa shape index (κ1) is 15.9. The molecule has 0 aliphatic carbocycles. The van der Waals surface area contributed by atoms with Crippen LogP contribution < -0.4 is 10.0 Å². The molecule has 0 saturated carbocycles. The van der Waals surface area contributed by atoms with Crippen LogP contribution in [0.1, 0.15) is 12.8 Å². The van der Waals surface area contributed by atoms with Crippen molar-refractivity contribution in [3.8, 4) is 0 Å². The largest absolute Gasteiger partial charge is 0.356 e. The van der Waals surface area contributed by atoms with Gasteiger partial charge < -0.3 is 5.32 Å². The minimum absolute atomic E-state index is 0.0733. The predicted octanol–water partition coefficient (Wildman–Crippen LogP) is 1.10. The van der Waals surface area contributed by atoms with Gasteiger partial charge in [-0.05, 0) is 18.6 Å². The van der Waals surface area contributed by atoms with Crippen molar-refractivity contribution in [1.82, 2.24) is 10.0 Å². The molecular weight excluding hydrogens is 288 g/mol. The van der Waals surface area contributed by atoms with Crippen LogP contribution in [-0.2, 0) is 14.8 Å². The van der Waals surface area contributed by atoms with E-state index in [-0.39, 0.29) is 23.8 Å². The highest BCUT2D eigenvalue weighted by Gasteiger charge is 2.12. The van der Waals surface area contributed by atoms with Crippen LogP contribution in [0.25, 0.3) is 0 Å². The fourth-order valence-corrected chi connectivity index (χ4v) is 2.55. The normalized spacial score (nSPS) is 11.2. The molecule has 0 heterocycles. The van der Waals surface area contributed by atoms with Crippen LogP contribution in [0.15, 0.2) is 35.2 Å². The number of hydrogen-bond donors (Lipinski definition) is 2. The summed E-state index contributed by atoms with van der Waals surface area (Å²) in [7, 11) is -3.53. The van der Waals surface area contributed by atoms with E-state index in [2.05, 4.69) is 10.0 Å². The van der Waals surface area contributed by atoms with Crippen molar-refractivity contribution in [2.24, 2.45) is 0 Å². The van der Waals surface area contributed by atoms with Gasteiger partial charge in [0.2, 0.25) is 15.9 Å². The number of amides is 1. The maximum Gasteiger partial charge on any atom is 0.240 e. The van der Waals surface area contributed by atoms with Gasteiger partial charge in [-0.25, -0.2) is 13.1 Å². The zero-order chi connectivity index (χ0) is 14.1. The molecule has 0 aliphatic heterocycles. The summed E-state index contributed by atoms with van der Waals surface area (Å²) in [6.07, 6.45) is 0.803. The summed E-state index contributed by atoms with van der Waals surface area (Å²) in [6, 6.07) is 8.04. The molecule has 5 nitrogen and oxygen atoms in total. The van der Waals surface area contributed by atoms with Crippen LogP contribution in [-0.4, -0.2) is 33.3 Å². The van der Waals surface area contributed by atoms with E-state index in [0.29, 0.717) is 18.8 Å². The number of carbonyl (C=O) groups is 1. The Morgan fingerprint density at radius 1 is 1.16 bits per heavy atom. The summed E-state index contributed by atoms with van der Waals surface area (Å²) in [5.74, 6) is 0.293. The van der Waals surface area contributed by atoms with E-state index in [9.17, 15) is 13.2 Å². The Hall–Kier alpha value is -1.11. The number of hydrogen-bond acceptors (Lipinski definition) is 3. The minimum Gasteiger partial charge on any atom is -0.356 e. The molecule has 7 heteroatoms.